The van der Waals surface area contributed by atoms with Gasteiger partial charge in [-0.3, -0.25) is 19.3 Å². The van der Waals surface area contributed by atoms with Crippen LogP contribution in [0.5, 0.6) is 5.75 Å². The Kier molecular flexibility index (Phi) is 4.10. The zero-order chi connectivity index (χ0) is 18.1. The Morgan fingerprint density at radius 1 is 1.28 bits per heavy atom. The molecule has 2 aromatic heterocycles. The minimum atomic E-state index is -0.530. The number of methoxy groups -OCH3 is 1. The van der Waals surface area contributed by atoms with E-state index in [-0.39, 0.29) is 11.4 Å². The predicted octanol–water partition coefficient (Wildman–Crippen LogP) is 3.12. The van der Waals surface area contributed by atoms with E-state index in [0.717, 1.165) is 5.56 Å². The average molecular weight is 340 g/mol. The van der Waals surface area contributed by atoms with E-state index < -0.39 is 10.8 Å². The topological polar surface area (TPSA) is 98.8 Å². The summed E-state index contributed by atoms with van der Waals surface area (Å²) in [4.78, 5) is 27.6. The van der Waals surface area contributed by atoms with Gasteiger partial charge in [-0.25, -0.2) is 4.98 Å². The summed E-state index contributed by atoms with van der Waals surface area (Å²) in [5.41, 5.74) is 2.65. The zero-order valence-electron chi connectivity index (χ0n) is 13.9. The molecular formula is C17H16N4O4. The number of nitro benzene ring substituents is 1. The number of imidazole rings is 1. The van der Waals surface area contributed by atoms with Gasteiger partial charge in [-0.1, -0.05) is 6.07 Å². The number of hydrogen-bond acceptors (Lipinski definition) is 5. The van der Waals surface area contributed by atoms with Crippen LogP contribution in [-0.2, 0) is 0 Å². The van der Waals surface area contributed by atoms with Crippen molar-refractivity contribution in [2.24, 2.45) is 0 Å². The first-order valence-corrected chi connectivity index (χ1v) is 7.50. The summed E-state index contributed by atoms with van der Waals surface area (Å²) in [6.45, 7) is 3.65. The minimum absolute atomic E-state index is 0.137. The molecule has 0 radical (unpaired) electrons. The maximum absolute atomic E-state index is 12.8. The highest BCUT2D eigenvalue weighted by Crippen LogP contribution is 2.29. The number of aryl methyl sites for hydroxylation is 2. The highest BCUT2D eigenvalue weighted by Gasteiger charge is 2.19. The number of rotatable bonds is 4. The number of carbonyl (C=O) groups is 1. The fourth-order valence-corrected chi connectivity index (χ4v) is 2.63. The van der Waals surface area contributed by atoms with Crippen LogP contribution in [0, 0.1) is 24.0 Å². The van der Waals surface area contributed by atoms with Crippen LogP contribution in [-0.4, -0.2) is 27.3 Å². The molecule has 1 N–H and O–H groups in total. The van der Waals surface area contributed by atoms with Crippen molar-refractivity contribution in [1.29, 1.82) is 0 Å². The lowest BCUT2D eigenvalue weighted by Crippen LogP contribution is -2.16. The lowest BCUT2D eigenvalue weighted by molar-refractivity contribution is -0.384. The summed E-state index contributed by atoms with van der Waals surface area (Å²) in [7, 11) is 1.43. The Balaban J connectivity index is 2.03. The van der Waals surface area contributed by atoms with Gasteiger partial charge in [-0.15, -0.1) is 0 Å². The predicted molar refractivity (Wildman–Crippen MR) is 92.3 cm³/mol. The van der Waals surface area contributed by atoms with E-state index in [9.17, 15) is 14.9 Å². The van der Waals surface area contributed by atoms with Gasteiger partial charge in [0.05, 0.1) is 23.4 Å². The molecule has 0 bridgehead atoms. The van der Waals surface area contributed by atoms with E-state index in [0.29, 0.717) is 22.8 Å². The van der Waals surface area contributed by atoms with Crippen LogP contribution in [0.3, 0.4) is 0 Å². The van der Waals surface area contributed by atoms with Crippen molar-refractivity contribution in [2.75, 3.05) is 12.4 Å². The first kappa shape index (κ1) is 16.4. The second kappa shape index (κ2) is 6.23. The van der Waals surface area contributed by atoms with Crippen molar-refractivity contribution in [2.45, 2.75) is 13.8 Å². The second-order valence-corrected chi connectivity index (χ2v) is 5.58. The van der Waals surface area contributed by atoms with Crippen LogP contribution < -0.4 is 10.1 Å². The maximum atomic E-state index is 12.8. The fraction of sp³-hybridized carbons (Fsp3) is 0.176. The SMILES string of the molecule is COc1ccc([N+](=O)[O-])cc1NC(=O)c1c(C)nc2ccc(C)cn12. The molecule has 0 aliphatic rings. The third-order valence-electron chi connectivity index (χ3n) is 3.80. The number of pyridine rings is 1. The number of fused-ring (bicyclic) bond motifs is 1. The Morgan fingerprint density at radius 2 is 2.04 bits per heavy atom. The Labute approximate surface area is 143 Å². The molecule has 0 atom stereocenters. The van der Waals surface area contributed by atoms with E-state index in [1.54, 1.807) is 11.3 Å². The largest absolute Gasteiger partial charge is 0.495 e. The molecule has 3 rings (SSSR count). The summed E-state index contributed by atoms with van der Waals surface area (Å²) in [6.07, 6.45) is 1.81. The summed E-state index contributed by atoms with van der Waals surface area (Å²) in [5.74, 6) is -0.0870. The van der Waals surface area contributed by atoms with E-state index in [2.05, 4.69) is 10.3 Å². The van der Waals surface area contributed by atoms with Crippen molar-refractivity contribution in [3.8, 4) is 5.75 Å². The number of nitrogens with one attached hydrogen (secondary N) is 1. The Morgan fingerprint density at radius 3 is 2.72 bits per heavy atom. The lowest BCUT2D eigenvalue weighted by atomic mass is 10.2. The molecule has 0 fully saturated rings. The van der Waals surface area contributed by atoms with Crippen molar-refractivity contribution in [3.05, 3.63) is 63.6 Å². The van der Waals surface area contributed by atoms with Crippen molar-refractivity contribution >= 4 is 22.9 Å². The standard InChI is InChI=1S/C17H16N4O4/c1-10-4-7-15-18-11(2)16(20(15)9-10)17(22)19-13-8-12(21(23)24)5-6-14(13)25-3/h4-9H,1-3H3,(H,19,22). The summed E-state index contributed by atoms with van der Waals surface area (Å²) in [5, 5.41) is 13.7. The molecule has 8 nitrogen and oxygen atoms in total. The number of anilines is 1. The molecule has 128 valence electrons. The Bertz CT molecular complexity index is 994. The first-order valence-electron chi connectivity index (χ1n) is 7.50. The number of nitrogens with zero attached hydrogens (tertiary/aromatic N) is 3. The number of aromatic nitrogens is 2. The smallest absolute Gasteiger partial charge is 0.274 e. The van der Waals surface area contributed by atoms with Crippen LogP contribution in [0.2, 0.25) is 0 Å². The van der Waals surface area contributed by atoms with Gasteiger partial charge in [0.2, 0.25) is 0 Å². The van der Waals surface area contributed by atoms with Crippen molar-refractivity contribution in [3.63, 3.8) is 0 Å². The minimum Gasteiger partial charge on any atom is -0.495 e. The lowest BCUT2D eigenvalue weighted by Gasteiger charge is -2.10. The molecule has 3 aromatic rings. The molecular weight excluding hydrogens is 324 g/mol. The van der Waals surface area contributed by atoms with Gasteiger partial charge in [0.15, 0.2) is 0 Å². The van der Waals surface area contributed by atoms with Gasteiger partial charge in [0.1, 0.15) is 17.1 Å². The maximum Gasteiger partial charge on any atom is 0.274 e. The molecule has 0 spiro atoms. The van der Waals surface area contributed by atoms with Crippen LogP contribution in [0.25, 0.3) is 5.65 Å². The second-order valence-electron chi connectivity index (χ2n) is 5.58. The fourth-order valence-electron chi connectivity index (χ4n) is 2.63. The molecule has 1 amide bonds. The zero-order valence-corrected chi connectivity index (χ0v) is 13.9. The van der Waals surface area contributed by atoms with Crippen molar-refractivity contribution in [1.82, 2.24) is 9.38 Å². The number of nitro groups is 1. The van der Waals surface area contributed by atoms with Gasteiger partial charge in [-0.2, -0.15) is 0 Å². The summed E-state index contributed by atoms with van der Waals surface area (Å²) in [6, 6.07) is 7.76. The van der Waals surface area contributed by atoms with Gasteiger partial charge >= 0.3 is 0 Å². The number of non-ortho nitro benzene ring substituents is 1. The average Bonchev–Trinajstić information content (AvgIpc) is 2.89. The molecule has 0 saturated heterocycles. The normalized spacial score (nSPS) is 10.7. The number of hydrogen-bond donors (Lipinski definition) is 1. The third kappa shape index (κ3) is 3.01. The van der Waals surface area contributed by atoms with E-state index in [4.69, 9.17) is 4.74 Å². The quantitative estimate of drug-likeness (QED) is 0.581. The summed E-state index contributed by atoms with van der Waals surface area (Å²) < 4.78 is 6.87. The molecule has 2 heterocycles. The molecule has 1 aromatic carbocycles. The van der Waals surface area contributed by atoms with Gasteiger partial charge < -0.3 is 10.1 Å². The third-order valence-corrected chi connectivity index (χ3v) is 3.80. The number of amides is 1. The molecule has 0 aliphatic heterocycles. The van der Waals surface area contributed by atoms with Crippen LogP contribution in [0.15, 0.2) is 36.5 Å². The van der Waals surface area contributed by atoms with Gasteiger partial charge in [0, 0.05) is 18.3 Å². The van der Waals surface area contributed by atoms with Crippen LogP contribution in [0.4, 0.5) is 11.4 Å². The molecule has 0 saturated carbocycles. The molecule has 0 aliphatic carbocycles. The Hall–Kier alpha value is -3.42. The molecule has 0 unspecified atom stereocenters. The molecule has 25 heavy (non-hydrogen) atoms. The summed E-state index contributed by atoms with van der Waals surface area (Å²) >= 11 is 0. The number of carbonyl (C=O) groups excluding carboxylic acids is 1. The number of benzene rings is 1. The molecule has 8 heteroatoms. The van der Waals surface area contributed by atoms with Crippen LogP contribution >= 0.6 is 0 Å². The van der Waals surface area contributed by atoms with E-state index in [1.807, 2.05) is 25.3 Å². The van der Waals surface area contributed by atoms with E-state index >= 15 is 0 Å². The first-order chi connectivity index (χ1) is 11.9. The number of ether oxygens (including phenoxy) is 1. The highest BCUT2D eigenvalue weighted by atomic mass is 16.6. The van der Waals surface area contributed by atoms with Gasteiger partial charge in [-0.05, 0) is 31.5 Å². The van der Waals surface area contributed by atoms with Crippen LogP contribution in [0.1, 0.15) is 21.7 Å². The highest BCUT2D eigenvalue weighted by molar-refractivity contribution is 6.05. The van der Waals surface area contributed by atoms with Gasteiger partial charge in [0.25, 0.3) is 11.6 Å². The van der Waals surface area contributed by atoms with E-state index in [1.165, 1.54) is 25.3 Å². The van der Waals surface area contributed by atoms with Crippen molar-refractivity contribution < 1.29 is 14.5 Å². The monoisotopic (exact) mass is 340 g/mol.